The molecule has 0 aromatic heterocycles. The molecule has 1 N–H and O–H groups in total. The molecule has 1 saturated heterocycles. The van der Waals surface area contributed by atoms with E-state index < -0.39 is 0 Å². The number of nitrogens with one attached hydrogen (secondary N) is 1. The van der Waals surface area contributed by atoms with Crippen LogP contribution in [0.4, 0.5) is 10.1 Å². The van der Waals surface area contributed by atoms with Crippen LogP contribution in [0.15, 0.2) is 18.2 Å². The fourth-order valence-electron chi connectivity index (χ4n) is 2.74. The number of nitrogens with zero attached hydrogens (tertiary/aromatic N) is 1. The lowest BCUT2D eigenvalue weighted by Crippen LogP contribution is -2.34. The van der Waals surface area contributed by atoms with Gasteiger partial charge in [-0.25, -0.2) is 4.39 Å². The highest BCUT2D eigenvalue weighted by molar-refractivity contribution is 5.53. The topological polar surface area (TPSA) is 24.5 Å². The summed E-state index contributed by atoms with van der Waals surface area (Å²) in [5.74, 6) is -0.179. The molecule has 0 amide bonds. The number of hydrogen-bond acceptors (Lipinski definition) is 3. The Labute approximate surface area is 127 Å². The first-order chi connectivity index (χ1) is 10.1. The average molecular weight is 294 g/mol. The summed E-state index contributed by atoms with van der Waals surface area (Å²) in [7, 11) is 2.06. The van der Waals surface area contributed by atoms with Crippen molar-refractivity contribution in [3.8, 4) is 0 Å². The second-order valence-corrected chi connectivity index (χ2v) is 6.18. The second-order valence-electron chi connectivity index (χ2n) is 6.18. The predicted octanol–water partition coefficient (Wildman–Crippen LogP) is 3.33. The molecular formula is C17H27FN2O. The van der Waals surface area contributed by atoms with Crippen molar-refractivity contribution in [2.24, 2.45) is 0 Å². The summed E-state index contributed by atoms with van der Waals surface area (Å²) < 4.78 is 19.3. The van der Waals surface area contributed by atoms with Gasteiger partial charge in [0, 0.05) is 38.5 Å². The molecule has 1 aliphatic rings. The average Bonchev–Trinajstić information content (AvgIpc) is 2.46. The van der Waals surface area contributed by atoms with Gasteiger partial charge in [0.1, 0.15) is 5.82 Å². The van der Waals surface area contributed by atoms with Gasteiger partial charge in [-0.3, -0.25) is 0 Å². The van der Waals surface area contributed by atoms with E-state index in [0.29, 0.717) is 18.7 Å². The van der Waals surface area contributed by atoms with Crippen molar-refractivity contribution in [1.82, 2.24) is 5.32 Å². The van der Waals surface area contributed by atoms with E-state index in [9.17, 15) is 4.39 Å². The van der Waals surface area contributed by atoms with Gasteiger partial charge in [-0.2, -0.15) is 0 Å². The fraction of sp³-hybridized carbons (Fsp3) is 0.647. The summed E-state index contributed by atoms with van der Waals surface area (Å²) in [6.45, 7) is 6.60. The van der Waals surface area contributed by atoms with Crippen LogP contribution in [-0.4, -0.2) is 32.3 Å². The monoisotopic (exact) mass is 294 g/mol. The maximum atomic E-state index is 13.5. The number of likely N-dealkylation sites (N-methyl/N-ethyl adjacent to an activating group) is 1. The van der Waals surface area contributed by atoms with Crippen molar-refractivity contribution < 1.29 is 9.13 Å². The van der Waals surface area contributed by atoms with Crippen LogP contribution in [0.2, 0.25) is 0 Å². The van der Waals surface area contributed by atoms with E-state index in [-0.39, 0.29) is 5.82 Å². The summed E-state index contributed by atoms with van der Waals surface area (Å²) in [6.07, 6.45) is 3.81. The maximum Gasteiger partial charge on any atom is 0.123 e. The lowest BCUT2D eigenvalue weighted by Gasteiger charge is -2.30. The third-order valence-electron chi connectivity index (χ3n) is 3.91. The summed E-state index contributed by atoms with van der Waals surface area (Å²) in [5.41, 5.74) is 2.08. The van der Waals surface area contributed by atoms with E-state index in [0.717, 1.165) is 30.8 Å². The molecule has 1 atom stereocenters. The minimum atomic E-state index is -0.179. The Kier molecular flexibility index (Phi) is 6.00. The van der Waals surface area contributed by atoms with Gasteiger partial charge in [0.25, 0.3) is 0 Å². The van der Waals surface area contributed by atoms with Gasteiger partial charge in [-0.15, -0.1) is 0 Å². The molecule has 1 fully saturated rings. The Hall–Kier alpha value is -1.13. The SMILES string of the molecule is CC(C)NCc1cc(F)ccc1N(C)CC1CCCCO1. The number of hydrogen-bond donors (Lipinski definition) is 1. The van der Waals surface area contributed by atoms with Crippen molar-refractivity contribution >= 4 is 5.69 Å². The molecular weight excluding hydrogens is 267 g/mol. The molecule has 21 heavy (non-hydrogen) atoms. The molecule has 1 aromatic rings. The first kappa shape index (κ1) is 16.2. The van der Waals surface area contributed by atoms with Crippen LogP contribution in [0.5, 0.6) is 0 Å². The Morgan fingerprint density at radius 2 is 2.19 bits per heavy atom. The van der Waals surface area contributed by atoms with Crippen molar-refractivity contribution in [3.63, 3.8) is 0 Å². The fourth-order valence-corrected chi connectivity index (χ4v) is 2.74. The first-order valence-electron chi connectivity index (χ1n) is 7.91. The van der Waals surface area contributed by atoms with Crippen LogP contribution in [0.25, 0.3) is 0 Å². The molecule has 4 heteroatoms. The second kappa shape index (κ2) is 7.76. The van der Waals surface area contributed by atoms with Gasteiger partial charge >= 0.3 is 0 Å². The zero-order valence-corrected chi connectivity index (χ0v) is 13.4. The molecule has 1 aromatic carbocycles. The lowest BCUT2D eigenvalue weighted by molar-refractivity contribution is 0.0216. The van der Waals surface area contributed by atoms with Gasteiger partial charge in [0.15, 0.2) is 0 Å². The highest BCUT2D eigenvalue weighted by atomic mass is 19.1. The van der Waals surface area contributed by atoms with Crippen LogP contribution < -0.4 is 10.2 Å². The highest BCUT2D eigenvalue weighted by Gasteiger charge is 2.17. The Balaban J connectivity index is 2.05. The number of ether oxygens (including phenoxy) is 1. The van der Waals surface area contributed by atoms with E-state index in [2.05, 4.69) is 31.1 Å². The van der Waals surface area contributed by atoms with Crippen molar-refractivity contribution in [2.45, 2.75) is 51.8 Å². The lowest BCUT2D eigenvalue weighted by atomic mass is 10.1. The Morgan fingerprint density at radius 3 is 2.86 bits per heavy atom. The van der Waals surface area contributed by atoms with Gasteiger partial charge in [0.2, 0.25) is 0 Å². The molecule has 118 valence electrons. The summed E-state index contributed by atoms with van der Waals surface area (Å²) in [4.78, 5) is 2.19. The van der Waals surface area contributed by atoms with Crippen LogP contribution in [-0.2, 0) is 11.3 Å². The summed E-state index contributed by atoms with van der Waals surface area (Å²) in [5, 5.41) is 3.36. The molecule has 1 aliphatic heterocycles. The van der Waals surface area contributed by atoms with E-state index >= 15 is 0 Å². The van der Waals surface area contributed by atoms with Crippen molar-refractivity contribution in [2.75, 3.05) is 25.1 Å². The smallest absolute Gasteiger partial charge is 0.123 e. The predicted molar refractivity (Wildman–Crippen MR) is 85.2 cm³/mol. The molecule has 0 radical (unpaired) electrons. The van der Waals surface area contributed by atoms with E-state index in [1.165, 1.54) is 18.9 Å². The molecule has 1 heterocycles. The van der Waals surface area contributed by atoms with Crippen LogP contribution in [0, 0.1) is 5.82 Å². The zero-order chi connectivity index (χ0) is 15.2. The van der Waals surface area contributed by atoms with E-state index in [1.807, 2.05) is 6.07 Å². The molecule has 0 aliphatic carbocycles. The maximum absolute atomic E-state index is 13.5. The number of rotatable bonds is 6. The molecule has 2 rings (SSSR count). The molecule has 0 bridgehead atoms. The molecule has 3 nitrogen and oxygen atoms in total. The standard InChI is InChI=1S/C17H27FN2O/c1-13(2)19-11-14-10-15(18)7-8-17(14)20(3)12-16-6-4-5-9-21-16/h7-8,10,13,16,19H,4-6,9,11-12H2,1-3H3. The minimum Gasteiger partial charge on any atom is -0.376 e. The number of benzene rings is 1. The van der Waals surface area contributed by atoms with Crippen LogP contribution in [0.3, 0.4) is 0 Å². The normalized spacial score (nSPS) is 19.0. The van der Waals surface area contributed by atoms with Crippen LogP contribution in [0.1, 0.15) is 38.7 Å². The number of anilines is 1. The largest absolute Gasteiger partial charge is 0.376 e. The molecule has 1 unspecified atom stereocenters. The first-order valence-corrected chi connectivity index (χ1v) is 7.91. The summed E-state index contributed by atoms with van der Waals surface area (Å²) in [6, 6.07) is 5.42. The van der Waals surface area contributed by atoms with Gasteiger partial charge in [-0.1, -0.05) is 13.8 Å². The third-order valence-corrected chi connectivity index (χ3v) is 3.91. The van der Waals surface area contributed by atoms with Crippen molar-refractivity contribution in [1.29, 1.82) is 0 Å². The van der Waals surface area contributed by atoms with Crippen LogP contribution >= 0.6 is 0 Å². The zero-order valence-electron chi connectivity index (χ0n) is 13.4. The minimum absolute atomic E-state index is 0.179. The third kappa shape index (κ3) is 4.97. The summed E-state index contributed by atoms with van der Waals surface area (Å²) >= 11 is 0. The molecule has 0 saturated carbocycles. The Bertz CT molecular complexity index is 444. The molecule has 0 spiro atoms. The Morgan fingerprint density at radius 1 is 1.38 bits per heavy atom. The van der Waals surface area contributed by atoms with Gasteiger partial charge in [-0.05, 0) is 43.0 Å². The van der Waals surface area contributed by atoms with E-state index in [4.69, 9.17) is 4.74 Å². The quantitative estimate of drug-likeness (QED) is 0.871. The van der Waals surface area contributed by atoms with Gasteiger partial charge < -0.3 is 15.0 Å². The van der Waals surface area contributed by atoms with Crippen molar-refractivity contribution in [3.05, 3.63) is 29.6 Å². The number of halogens is 1. The van der Waals surface area contributed by atoms with Gasteiger partial charge in [0.05, 0.1) is 6.10 Å². The highest BCUT2D eigenvalue weighted by Crippen LogP contribution is 2.23. The van der Waals surface area contributed by atoms with E-state index in [1.54, 1.807) is 6.07 Å².